The van der Waals surface area contributed by atoms with Crippen LogP contribution in [0.1, 0.15) is 25.3 Å². The smallest absolute Gasteiger partial charge is 0.242 e. The highest BCUT2D eigenvalue weighted by Gasteiger charge is 2.26. The van der Waals surface area contributed by atoms with E-state index in [-0.39, 0.29) is 43.4 Å². The van der Waals surface area contributed by atoms with E-state index in [1.807, 2.05) is 0 Å². The Morgan fingerprint density at radius 1 is 1.16 bits per heavy atom. The molecule has 0 unspecified atom stereocenters. The molecule has 2 amide bonds. The minimum absolute atomic E-state index is 0.0254. The highest BCUT2D eigenvalue weighted by atomic mass is 35.5. The molecule has 0 heterocycles. The summed E-state index contributed by atoms with van der Waals surface area (Å²) < 4.78 is 39.5. The average molecular weight is 484 g/mol. The maximum atomic E-state index is 14.2. The van der Waals surface area contributed by atoms with Crippen LogP contribution < -0.4 is 9.62 Å². The first-order chi connectivity index (χ1) is 15.0. The number of rotatable bonds is 10. The Hall–Kier alpha value is -2.65. The van der Waals surface area contributed by atoms with Crippen molar-refractivity contribution in [3.05, 3.63) is 64.9 Å². The van der Waals surface area contributed by atoms with E-state index in [0.717, 1.165) is 16.1 Å². The average Bonchev–Trinajstić information content (AvgIpc) is 2.74. The van der Waals surface area contributed by atoms with Crippen molar-refractivity contribution < 1.29 is 22.4 Å². The Morgan fingerprint density at radius 2 is 1.84 bits per heavy atom. The van der Waals surface area contributed by atoms with E-state index in [4.69, 9.17) is 11.6 Å². The fraction of sp³-hybridized carbons (Fsp3) is 0.364. The van der Waals surface area contributed by atoms with Crippen LogP contribution in [0.4, 0.5) is 10.1 Å². The lowest BCUT2D eigenvalue weighted by Crippen LogP contribution is -2.46. The molecule has 7 nitrogen and oxygen atoms in total. The van der Waals surface area contributed by atoms with Gasteiger partial charge in [0.05, 0.1) is 11.9 Å². The molecule has 0 aliphatic carbocycles. The van der Waals surface area contributed by atoms with Crippen molar-refractivity contribution in [1.29, 1.82) is 0 Å². The maximum Gasteiger partial charge on any atom is 0.242 e. The van der Waals surface area contributed by atoms with Gasteiger partial charge in [0.1, 0.15) is 11.9 Å². The van der Waals surface area contributed by atoms with E-state index in [1.165, 1.54) is 30.1 Å². The normalized spacial score (nSPS) is 12.2. The molecule has 0 saturated carbocycles. The molecule has 174 valence electrons. The number of nitrogens with one attached hydrogen (secondary N) is 1. The number of benzene rings is 2. The van der Waals surface area contributed by atoms with Crippen LogP contribution in [0.25, 0.3) is 0 Å². The zero-order valence-electron chi connectivity index (χ0n) is 18.2. The summed E-state index contributed by atoms with van der Waals surface area (Å²) in [5.41, 5.74) is 0.683. The van der Waals surface area contributed by atoms with Gasteiger partial charge in [0.15, 0.2) is 0 Å². The SMILES string of the molecule is CNC(=O)[C@@H](C)N(Cc1cccc(Cl)c1)C(=O)CCCN(c1ccccc1F)S(C)(=O)=O. The Morgan fingerprint density at radius 3 is 2.44 bits per heavy atom. The second-order valence-corrected chi connectivity index (χ2v) is 9.68. The van der Waals surface area contributed by atoms with E-state index in [2.05, 4.69) is 5.32 Å². The van der Waals surface area contributed by atoms with Crippen LogP contribution in [0.15, 0.2) is 48.5 Å². The quantitative estimate of drug-likeness (QED) is 0.562. The van der Waals surface area contributed by atoms with E-state index in [9.17, 15) is 22.4 Å². The zero-order valence-corrected chi connectivity index (χ0v) is 19.8. The molecule has 2 aromatic carbocycles. The summed E-state index contributed by atoms with van der Waals surface area (Å²) in [6.45, 7) is 1.70. The molecule has 0 saturated heterocycles. The fourth-order valence-electron chi connectivity index (χ4n) is 3.26. The number of nitrogens with zero attached hydrogens (tertiary/aromatic N) is 2. The van der Waals surface area contributed by atoms with Crippen LogP contribution in [0.2, 0.25) is 5.02 Å². The lowest BCUT2D eigenvalue weighted by Gasteiger charge is -2.29. The van der Waals surface area contributed by atoms with Gasteiger partial charge in [0.2, 0.25) is 21.8 Å². The summed E-state index contributed by atoms with van der Waals surface area (Å²) in [5, 5.41) is 3.04. The van der Waals surface area contributed by atoms with Gasteiger partial charge >= 0.3 is 0 Å². The summed E-state index contributed by atoms with van der Waals surface area (Å²) in [5.74, 6) is -1.33. The Labute approximate surface area is 193 Å². The van der Waals surface area contributed by atoms with Crippen LogP contribution in [0.5, 0.6) is 0 Å². The van der Waals surface area contributed by atoms with Gasteiger partial charge in [0, 0.05) is 31.6 Å². The number of para-hydroxylation sites is 1. The van der Waals surface area contributed by atoms with Crippen LogP contribution >= 0.6 is 11.6 Å². The third-order valence-electron chi connectivity index (χ3n) is 4.93. The number of sulfonamides is 1. The third-order valence-corrected chi connectivity index (χ3v) is 6.34. The molecular formula is C22H27ClFN3O4S. The minimum Gasteiger partial charge on any atom is -0.357 e. The van der Waals surface area contributed by atoms with Crippen molar-refractivity contribution in [1.82, 2.24) is 10.2 Å². The molecule has 0 fully saturated rings. The number of carbonyl (C=O) groups excluding carboxylic acids is 2. The van der Waals surface area contributed by atoms with E-state index >= 15 is 0 Å². The predicted octanol–water partition coefficient (Wildman–Crippen LogP) is 3.19. The van der Waals surface area contributed by atoms with E-state index in [1.54, 1.807) is 37.3 Å². The number of likely N-dealkylation sites (N-methyl/N-ethyl adjacent to an activating group) is 1. The molecule has 1 N–H and O–H groups in total. The van der Waals surface area contributed by atoms with Crippen LogP contribution in [0.3, 0.4) is 0 Å². The summed E-state index contributed by atoms with van der Waals surface area (Å²) in [4.78, 5) is 26.6. The fourth-order valence-corrected chi connectivity index (χ4v) is 4.44. The predicted molar refractivity (Wildman–Crippen MR) is 123 cm³/mol. The number of hydrogen-bond donors (Lipinski definition) is 1. The second kappa shape index (κ2) is 11.3. The van der Waals surface area contributed by atoms with Crippen molar-refractivity contribution in [3.63, 3.8) is 0 Å². The third kappa shape index (κ3) is 6.93. The molecule has 0 radical (unpaired) electrons. The van der Waals surface area contributed by atoms with Crippen molar-refractivity contribution in [2.24, 2.45) is 0 Å². The summed E-state index contributed by atoms with van der Waals surface area (Å²) in [6.07, 6.45) is 1.11. The van der Waals surface area contributed by atoms with Gasteiger partial charge in [0.25, 0.3) is 0 Å². The topological polar surface area (TPSA) is 86.8 Å². The van der Waals surface area contributed by atoms with Crippen molar-refractivity contribution in [2.75, 3.05) is 24.2 Å². The Bertz CT molecular complexity index is 1060. The first-order valence-electron chi connectivity index (χ1n) is 10.0. The van der Waals surface area contributed by atoms with E-state index < -0.39 is 21.9 Å². The van der Waals surface area contributed by atoms with Crippen molar-refractivity contribution in [2.45, 2.75) is 32.4 Å². The molecule has 0 spiro atoms. The van der Waals surface area contributed by atoms with Gasteiger partial charge in [-0.1, -0.05) is 35.9 Å². The van der Waals surface area contributed by atoms with Gasteiger partial charge in [-0.15, -0.1) is 0 Å². The van der Waals surface area contributed by atoms with E-state index in [0.29, 0.717) is 5.02 Å². The summed E-state index contributed by atoms with van der Waals surface area (Å²) >= 11 is 6.03. The van der Waals surface area contributed by atoms with Crippen LogP contribution in [-0.4, -0.2) is 51.0 Å². The Kier molecular flexibility index (Phi) is 9.03. The highest BCUT2D eigenvalue weighted by molar-refractivity contribution is 7.92. The monoisotopic (exact) mass is 483 g/mol. The molecule has 10 heteroatoms. The molecule has 0 aromatic heterocycles. The largest absolute Gasteiger partial charge is 0.357 e. The number of halogens is 2. The van der Waals surface area contributed by atoms with Crippen LogP contribution in [0, 0.1) is 5.82 Å². The molecule has 0 aliphatic rings. The molecule has 32 heavy (non-hydrogen) atoms. The maximum absolute atomic E-state index is 14.2. The molecule has 0 aliphatic heterocycles. The molecule has 2 rings (SSSR count). The summed E-state index contributed by atoms with van der Waals surface area (Å²) in [7, 11) is -2.27. The second-order valence-electron chi connectivity index (χ2n) is 7.33. The molecule has 0 bridgehead atoms. The minimum atomic E-state index is -3.76. The number of amides is 2. The first kappa shape index (κ1) is 25.6. The number of hydrogen-bond acceptors (Lipinski definition) is 4. The summed E-state index contributed by atoms with van der Waals surface area (Å²) in [6, 6.07) is 11.8. The van der Waals surface area contributed by atoms with Gasteiger partial charge in [-0.3, -0.25) is 13.9 Å². The zero-order chi connectivity index (χ0) is 23.9. The molecule has 2 aromatic rings. The number of carbonyl (C=O) groups is 2. The number of anilines is 1. The van der Waals surface area contributed by atoms with Gasteiger partial charge < -0.3 is 10.2 Å². The van der Waals surface area contributed by atoms with Gasteiger partial charge in [-0.25, -0.2) is 12.8 Å². The Balaban J connectivity index is 2.15. The first-order valence-corrected chi connectivity index (χ1v) is 12.2. The van der Waals surface area contributed by atoms with Crippen molar-refractivity contribution in [3.8, 4) is 0 Å². The van der Waals surface area contributed by atoms with Crippen LogP contribution in [-0.2, 0) is 26.2 Å². The van der Waals surface area contributed by atoms with Gasteiger partial charge in [-0.05, 0) is 43.2 Å². The lowest BCUT2D eigenvalue weighted by molar-refractivity contribution is -0.140. The lowest BCUT2D eigenvalue weighted by atomic mass is 10.1. The molecule has 1 atom stereocenters. The standard InChI is InChI=1S/C22H27ClFN3O4S/c1-16(22(29)25-2)26(15-17-8-6-9-18(23)14-17)21(28)12-7-13-27(32(3,30)31)20-11-5-4-10-19(20)24/h4-6,8-11,14,16H,7,12-13,15H2,1-3H3,(H,25,29)/t16-/m1/s1. The molecular weight excluding hydrogens is 457 g/mol. The van der Waals surface area contributed by atoms with Gasteiger partial charge in [-0.2, -0.15) is 0 Å². The van der Waals surface area contributed by atoms with Crippen molar-refractivity contribution >= 4 is 39.1 Å². The highest BCUT2D eigenvalue weighted by Crippen LogP contribution is 2.22.